The SMILES string of the molecule is Cn1nnc(-c2cc3ccccc3n2-c2ccc(C(N)=O)cc2)n1. The van der Waals surface area contributed by atoms with Crippen LogP contribution in [-0.2, 0) is 7.05 Å². The van der Waals surface area contributed by atoms with Gasteiger partial charge in [0.2, 0.25) is 11.7 Å². The van der Waals surface area contributed by atoms with Gasteiger partial charge in [0, 0.05) is 16.6 Å². The predicted molar refractivity (Wildman–Crippen MR) is 89.6 cm³/mol. The van der Waals surface area contributed by atoms with Crippen molar-refractivity contribution in [2.45, 2.75) is 0 Å². The number of rotatable bonds is 3. The fourth-order valence-electron chi connectivity index (χ4n) is 2.76. The van der Waals surface area contributed by atoms with E-state index in [0.29, 0.717) is 11.4 Å². The summed E-state index contributed by atoms with van der Waals surface area (Å²) in [5.41, 5.74) is 8.53. The third-order valence-electron chi connectivity index (χ3n) is 3.86. The molecule has 0 aliphatic rings. The molecule has 0 spiro atoms. The van der Waals surface area contributed by atoms with E-state index in [4.69, 9.17) is 5.73 Å². The number of amides is 1. The zero-order valence-electron chi connectivity index (χ0n) is 12.9. The number of nitrogens with two attached hydrogens (primary N) is 1. The highest BCUT2D eigenvalue weighted by atomic mass is 16.1. The number of carbonyl (C=O) groups is 1. The smallest absolute Gasteiger partial charge is 0.248 e. The van der Waals surface area contributed by atoms with Crippen molar-refractivity contribution in [1.82, 2.24) is 24.8 Å². The van der Waals surface area contributed by atoms with Crippen molar-refractivity contribution in [2.75, 3.05) is 0 Å². The molecule has 0 fully saturated rings. The highest BCUT2D eigenvalue weighted by Gasteiger charge is 2.16. The molecule has 0 saturated carbocycles. The molecule has 1 amide bonds. The molecule has 7 nitrogen and oxygen atoms in total. The van der Waals surface area contributed by atoms with Gasteiger partial charge in [-0.3, -0.25) is 4.79 Å². The Kier molecular flexibility index (Phi) is 3.13. The van der Waals surface area contributed by atoms with E-state index in [1.54, 1.807) is 19.2 Å². The van der Waals surface area contributed by atoms with E-state index in [1.165, 1.54) is 4.80 Å². The first-order valence-electron chi connectivity index (χ1n) is 7.38. The second-order valence-corrected chi connectivity index (χ2v) is 5.44. The fourth-order valence-corrected chi connectivity index (χ4v) is 2.76. The fraction of sp³-hybridized carbons (Fsp3) is 0.0588. The molecule has 2 heterocycles. The molecular weight excluding hydrogens is 304 g/mol. The van der Waals surface area contributed by atoms with Crippen molar-refractivity contribution in [2.24, 2.45) is 12.8 Å². The van der Waals surface area contributed by atoms with Crippen molar-refractivity contribution >= 4 is 16.8 Å². The van der Waals surface area contributed by atoms with Crippen LogP contribution < -0.4 is 5.73 Å². The lowest BCUT2D eigenvalue weighted by atomic mass is 10.2. The molecule has 0 atom stereocenters. The minimum Gasteiger partial charge on any atom is -0.366 e. The molecule has 0 bridgehead atoms. The van der Waals surface area contributed by atoms with Gasteiger partial charge in [-0.2, -0.15) is 4.80 Å². The number of aromatic nitrogens is 5. The van der Waals surface area contributed by atoms with Crippen molar-refractivity contribution in [3.05, 3.63) is 60.2 Å². The Hall–Kier alpha value is -3.48. The van der Waals surface area contributed by atoms with E-state index in [2.05, 4.69) is 15.4 Å². The average Bonchev–Trinajstić information content (AvgIpc) is 3.18. The van der Waals surface area contributed by atoms with Gasteiger partial charge in [0.1, 0.15) is 0 Å². The van der Waals surface area contributed by atoms with Crippen LogP contribution >= 0.6 is 0 Å². The molecule has 118 valence electrons. The molecule has 4 rings (SSSR count). The van der Waals surface area contributed by atoms with Crippen molar-refractivity contribution in [3.63, 3.8) is 0 Å². The summed E-state index contributed by atoms with van der Waals surface area (Å²) in [6, 6.07) is 17.2. The van der Waals surface area contributed by atoms with E-state index in [-0.39, 0.29) is 0 Å². The van der Waals surface area contributed by atoms with Crippen LogP contribution in [0.1, 0.15) is 10.4 Å². The van der Waals surface area contributed by atoms with E-state index in [0.717, 1.165) is 22.3 Å². The maximum absolute atomic E-state index is 11.3. The van der Waals surface area contributed by atoms with Gasteiger partial charge >= 0.3 is 0 Å². The lowest BCUT2D eigenvalue weighted by Gasteiger charge is -2.09. The number of nitrogens with zero attached hydrogens (tertiary/aromatic N) is 5. The number of fused-ring (bicyclic) bond motifs is 1. The van der Waals surface area contributed by atoms with Crippen LogP contribution in [0.4, 0.5) is 0 Å². The summed E-state index contributed by atoms with van der Waals surface area (Å²) in [6.07, 6.45) is 0. The van der Waals surface area contributed by atoms with Gasteiger partial charge in [-0.05, 0) is 41.6 Å². The van der Waals surface area contributed by atoms with Gasteiger partial charge < -0.3 is 10.3 Å². The van der Waals surface area contributed by atoms with Crippen LogP contribution in [-0.4, -0.2) is 30.7 Å². The lowest BCUT2D eigenvalue weighted by Crippen LogP contribution is -2.10. The third kappa shape index (κ3) is 2.23. The Morgan fingerprint density at radius 2 is 1.83 bits per heavy atom. The minimum atomic E-state index is -0.449. The van der Waals surface area contributed by atoms with E-state index >= 15 is 0 Å². The molecule has 4 aromatic rings. The maximum Gasteiger partial charge on any atom is 0.248 e. The lowest BCUT2D eigenvalue weighted by molar-refractivity contribution is 0.100. The normalized spacial score (nSPS) is 11.0. The summed E-state index contributed by atoms with van der Waals surface area (Å²) in [4.78, 5) is 12.7. The predicted octanol–water partition coefficient (Wildman–Crippen LogP) is 1.92. The summed E-state index contributed by atoms with van der Waals surface area (Å²) in [6.45, 7) is 0. The summed E-state index contributed by atoms with van der Waals surface area (Å²) < 4.78 is 2.04. The molecule has 7 heteroatoms. The number of tetrazole rings is 1. The average molecular weight is 318 g/mol. The van der Waals surface area contributed by atoms with Gasteiger partial charge in [-0.25, -0.2) is 0 Å². The zero-order chi connectivity index (χ0) is 16.7. The topological polar surface area (TPSA) is 91.6 Å². The summed E-state index contributed by atoms with van der Waals surface area (Å²) in [5.74, 6) is 0.0856. The van der Waals surface area contributed by atoms with Gasteiger partial charge in [-0.15, -0.1) is 10.2 Å². The Bertz CT molecular complexity index is 1040. The van der Waals surface area contributed by atoms with Crippen LogP contribution in [0.2, 0.25) is 0 Å². The zero-order valence-corrected chi connectivity index (χ0v) is 12.9. The first-order valence-corrected chi connectivity index (χ1v) is 7.38. The number of primary amides is 1. The van der Waals surface area contributed by atoms with E-state index in [1.807, 2.05) is 47.0 Å². The van der Waals surface area contributed by atoms with Gasteiger partial charge in [-0.1, -0.05) is 18.2 Å². The molecule has 0 aliphatic heterocycles. The quantitative estimate of drug-likeness (QED) is 0.624. The molecule has 0 saturated heterocycles. The Morgan fingerprint density at radius 1 is 1.08 bits per heavy atom. The van der Waals surface area contributed by atoms with Crippen molar-refractivity contribution in [1.29, 1.82) is 0 Å². The monoisotopic (exact) mass is 318 g/mol. The molecule has 0 unspecified atom stereocenters. The van der Waals surface area contributed by atoms with Crippen LogP contribution in [0.5, 0.6) is 0 Å². The highest BCUT2D eigenvalue weighted by molar-refractivity contribution is 5.93. The molecule has 2 aromatic heterocycles. The van der Waals surface area contributed by atoms with Gasteiger partial charge in [0.15, 0.2) is 0 Å². The standard InChI is InChI=1S/C17H14N6O/c1-22-20-17(19-21-22)15-10-12-4-2-3-5-14(12)23(15)13-8-6-11(7-9-13)16(18)24/h2-10H,1H3,(H2,18,24). The Labute approximate surface area is 137 Å². The molecule has 2 N–H and O–H groups in total. The summed E-state index contributed by atoms with van der Waals surface area (Å²) >= 11 is 0. The minimum absolute atomic E-state index is 0.449. The summed E-state index contributed by atoms with van der Waals surface area (Å²) in [5, 5.41) is 13.4. The largest absolute Gasteiger partial charge is 0.366 e. The van der Waals surface area contributed by atoms with Crippen LogP contribution in [0.25, 0.3) is 28.1 Å². The van der Waals surface area contributed by atoms with Gasteiger partial charge in [0.25, 0.3) is 0 Å². The first kappa shape index (κ1) is 14.1. The Balaban J connectivity index is 1.97. The van der Waals surface area contributed by atoms with Crippen LogP contribution in [0.15, 0.2) is 54.6 Å². The van der Waals surface area contributed by atoms with Crippen molar-refractivity contribution < 1.29 is 4.79 Å². The second-order valence-electron chi connectivity index (χ2n) is 5.44. The van der Waals surface area contributed by atoms with E-state index < -0.39 is 5.91 Å². The first-order chi connectivity index (χ1) is 11.6. The van der Waals surface area contributed by atoms with Crippen LogP contribution in [0.3, 0.4) is 0 Å². The number of hydrogen-bond acceptors (Lipinski definition) is 4. The van der Waals surface area contributed by atoms with Crippen molar-refractivity contribution in [3.8, 4) is 17.2 Å². The number of benzene rings is 2. The number of para-hydroxylation sites is 1. The third-order valence-corrected chi connectivity index (χ3v) is 3.86. The van der Waals surface area contributed by atoms with Gasteiger partial charge in [0.05, 0.1) is 18.3 Å². The second kappa shape index (κ2) is 5.31. The molecule has 24 heavy (non-hydrogen) atoms. The number of hydrogen-bond donors (Lipinski definition) is 1. The summed E-state index contributed by atoms with van der Waals surface area (Å²) in [7, 11) is 1.73. The molecule has 0 aliphatic carbocycles. The Morgan fingerprint density at radius 3 is 2.50 bits per heavy atom. The van der Waals surface area contributed by atoms with E-state index in [9.17, 15) is 4.79 Å². The number of aryl methyl sites for hydroxylation is 1. The molecule has 0 radical (unpaired) electrons. The number of carbonyl (C=O) groups excluding carboxylic acids is 1. The highest BCUT2D eigenvalue weighted by Crippen LogP contribution is 2.29. The van der Waals surface area contributed by atoms with Crippen LogP contribution in [0, 0.1) is 0 Å². The maximum atomic E-state index is 11.3. The molecule has 2 aromatic carbocycles. The molecular formula is C17H14N6O.